The molecule has 0 saturated heterocycles. The predicted octanol–water partition coefficient (Wildman–Crippen LogP) is 2.51. The zero-order valence-electron chi connectivity index (χ0n) is 6.03. The highest BCUT2D eigenvalue weighted by molar-refractivity contribution is 8.00. The van der Waals surface area contributed by atoms with Gasteiger partial charge < -0.3 is 4.57 Å². The molecule has 2 rings (SSSR count). The van der Waals surface area contributed by atoms with Gasteiger partial charge in [-0.1, -0.05) is 11.8 Å². The fraction of sp³-hybridized carbons (Fsp3) is 0.571. The third-order valence-corrected chi connectivity index (χ3v) is 2.77. The first kappa shape index (κ1) is 7.50. The Morgan fingerprint density at radius 1 is 1.73 bits per heavy atom. The number of thioether (sulfide) groups is 1. The maximum Gasteiger partial charge on any atom is 0.169 e. The van der Waals surface area contributed by atoms with Gasteiger partial charge in [-0.2, -0.15) is 0 Å². The molecule has 4 heteroatoms. The van der Waals surface area contributed by atoms with E-state index in [-0.39, 0.29) is 0 Å². The smallest absolute Gasteiger partial charge is 0.169 e. The average molecular weight is 189 g/mol. The van der Waals surface area contributed by atoms with Crippen molar-refractivity contribution in [1.82, 2.24) is 9.55 Å². The van der Waals surface area contributed by atoms with Crippen molar-refractivity contribution in [1.29, 1.82) is 0 Å². The second kappa shape index (κ2) is 3.07. The summed E-state index contributed by atoms with van der Waals surface area (Å²) in [4.78, 5) is 4.21. The summed E-state index contributed by atoms with van der Waals surface area (Å²) in [6.07, 6.45) is 6.47. The van der Waals surface area contributed by atoms with Crippen LogP contribution < -0.4 is 0 Å². The fourth-order valence-electron chi connectivity index (χ4n) is 1.09. The molecule has 0 radical (unpaired) electrons. The first-order valence-electron chi connectivity index (χ1n) is 3.63. The van der Waals surface area contributed by atoms with Gasteiger partial charge in [-0.05, 0) is 12.8 Å². The van der Waals surface area contributed by atoms with E-state index in [1.807, 2.05) is 12.4 Å². The SMILES string of the molecule is ClCSc1nccn1C1CC1. The van der Waals surface area contributed by atoms with Gasteiger partial charge in [0.25, 0.3) is 0 Å². The third kappa shape index (κ3) is 1.54. The highest BCUT2D eigenvalue weighted by atomic mass is 35.5. The second-order valence-electron chi connectivity index (χ2n) is 2.60. The first-order valence-corrected chi connectivity index (χ1v) is 5.15. The van der Waals surface area contributed by atoms with Crippen LogP contribution in [0.5, 0.6) is 0 Å². The molecule has 1 aromatic rings. The molecule has 0 aliphatic heterocycles. The first-order chi connectivity index (χ1) is 5.42. The van der Waals surface area contributed by atoms with Crippen molar-refractivity contribution in [2.45, 2.75) is 24.0 Å². The summed E-state index contributed by atoms with van der Waals surface area (Å²) in [5.74, 6) is 0. The van der Waals surface area contributed by atoms with Gasteiger partial charge in [-0.3, -0.25) is 0 Å². The van der Waals surface area contributed by atoms with Gasteiger partial charge in [0.1, 0.15) is 0 Å². The quantitative estimate of drug-likeness (QED) is 0.536. The van der Waals surface area contributed by atoms with Crippen molar-refractivity contribution >= 4 is 23.4 Å². The maximum atomic E-state index is 5.60. The van der Waals surface area contributed by atoms with Crippen LogP contribution in [0.4, 0.5) is 0 Å². The lowest BCUT2D eigenvalue weighted by atomic mass is 10.7. The molecule has 0 unspecified atom stereocenters. The number of hydrogen-bond acceptors (Lipinski definition) is 2. The molecule has 1 fully saturated rings. The van der Waals surface area contributed by atoms with Crippen LogP contribution >= 0.6 is 23.4 Å². The molecular formula is C7H9ClN2S. The van der Waals surface area contributed by atoms with Crippen LogP contribution in [0.25, 0.3) is 0 Å². The second-order valence-corrected chi connectivity index (χ2v) is 4.13. The molecular weight excluding hydrogens is 180 g/mol. The number of imidazole rings is 1. The van der Waals surface area contributed by atoms with Gasteiger partial charge in [0, 0.05) is 18.4 Å². The van der Waals surface area contributed by atoms with Gasteiger partial charge >= 0.3 is 0 Å². The summed E-state index contributed by atoms with van der Waals surface area (Å²) in [6, 6.07) is 0.711. The average Bonchev–Trinajstić information content (AvgIpc) is 2.75. The monoisotopic (exact) mass is 188 g/mol. The van der Waals surface area contributed by atoms with Crippen LogP contribution in [-0.2, 0) is 0 Å². The van der Waals surface area contributed by atoms with E-state index in [9.17, 15) is 0 Å². The zero-order valence-corrected chi connectivity index (χ0v) is 7.61. The summed E-state index contributed by atoms with van der Waals surface area (Å²) in [7, 11) is 0. The van der Waals surface area contributed by atoms with Crippen LogP contribution in [0, 0.1) is 0 Å². The normalized spacial score (nSPS) is 17.2. The van der Waals surface area contributed by atoms with E-state index < -0.39 is 0 Å². The molecule has 1 aliphatic rings. The number of aromatic nitrogens is 2. The Morgan fingerprint density at radius 3 is 3.18 bits per heavy atom. The Kier molecular flexibility index (Phi) is 2.09. The third-order valence-electron chi connectivity index (χ3n) is 1.76. The van der Waals surface area contributed by atoms with Gasteiger partial charge in [0.15, 0.2) is 5.16 Å². The molecule has 0 atom stereocenters. The van der Waals surface area contributed by atoms with Gasteiger partial charge in [0.05, 0.1) is 5.21 Å². The molecule has 0 N–H and O–H groups in total. The van der Waals surface area contributed by atoms with E-state index in [4.69, 9.17) is 11.6 Å². The predicted molar refractivity (Wildman–Crippen MR) is 47.1 cm³/mol. The van der Waals surface area contributed by atoms with Crippen LogP contribution in [-0.4, -0.2) is 14.8 Å². The largest absolute Gasteiger partial charge is 0.323 e. The van der Waals surface area contributed by atoms with Crippen molar-refractivity contribution in [3.63, 3.8) is 0 Å². The molecule has 0 spiro atoms. The number of halogens is 1. The maximum absolute atomic E-state index is 5.60. The number of hydrogen-bond donors (Lipinski definition) is 0. The van der Waals surface area contributed by atoms with Gasteiger partial charge in [0.2, 0.25) is 0 Å². The number of alkyl halides is 1. The molecule has 2 nitrogen and oxygen atoms in total. The zero-order chi connectivity index (χ0) is 7.68. The lowest BCUT2D eigenvalue weighted by Gasteiger charge is -2.01. The summed E-state index contributed by atoms with van der Waals surface area (Å²) in [5.41, 5.74) is 0. The topological polar surface area (TPSA) is 17.8 Å². The summed E-state index contributed by atoms with van der Waals surface area (Å²) in [5, 5.41) is 1.64. The summed E-state index contributed by atoms with van der Waals surface area (Å²) < 4.78 is 2.22. The van der Waals surface area contributed by atoms with E-state index in [2.05, 4.69) is 9.55 Å². The molecule has 1 aromatic heterocycles. The van der Waals surface area contributed by atoms with E-state index in [1.165, 1.54) is 12.8 Å². The number of rotatable bonds is 3. The highest BCUT2D eigenvalue weighted by Gasteiger charge is 2.25. The molecule has 1 aliphatic carbocycles. The van der Waals surface area contributed by atoms with E-state index >= 15 is 0 Å². The van der Waals surface area contributed by atoms with Crippen LogP contribution in [0.1, 0.15) is 18.9 Å². The molecule has 0 bridgehead atoms. The lowest BCUT2D eigenvalue weighted by molar-refractivity contribution is 0.663. The van der Waals surface area contributed by atoms with Gasteiger partial charge in [-0.25, -0.2) is 4.98 Å². The summed E-state index contributed by atoms with van der Waals surface area (Å²) in [6.45, 7) is 0. The summed E-state index contributed by atoms with van der Waals surface area (Å²) >= 11 is 7.19. The number of nitrogens with zero attached hydrogens (tertiary/aromatic N) is 2. The highest BCUT2D eigenvalue weighted by Crippen LogP contribution is 2.37. The van der Waals surface area contributed by atoms with Crippen molar-refractivity contribution in [3.05, 3.63) is 12.4 Å². The van der Waals surface area contributed by atoms with Crippen LogP contribution in [0.3, 0.4) is 0 Å². The van der Waals surface area contributed by atoms with Crippen LogP contribution in [0.2, 0.25) is 0 Å². The van der Waals surface area contributed by atoms with E-state index in [0.29, 0.717) is 11.3 Å². The molecule has 60 valence electrons. The molecule has 1 heterocycles. The molecule has 11 heavy (non-hydrogen) atoms. The molecule has 1 saturated carbocycles. The Balaban J connectivity index is 2.16. The Morgan fingerprint density at radius 2 is 2.55 bits per heavy atom. The van der Waals surface area contributed by atoms with Crippen LogP contribution in [0.15, 0.2) is 17.6 Å². The lowest BCUT2D eigenvalue weighted by Crippen LogP contribution is -1.93. The van der Waals surface area contributed by atoms with Crippen molar-refractivity contribution in [2.75, 3.05) is 5.21 Å². The minimum absolute atomic E-state index is 0.587. The minimum atomic E-state index is 0.587. The Hall–Kier alpha value is -0.150. The van der Waals surface area contributed by atoms with Crippen molar-refractivity contribution < 1.29 is 0 Å². The van der Waals surface area contributed by atoms with E-state index in [1.54, 1.807) is 11.8 Å². The Labute approximate surface area is 75.0 Å². The van der Waals surface area contributed by atoms with E-state index in [0.717, 1.165) is 5.16 Å². The fourth-order valence-corrected chi connectivity index (χ4v) is 1.98. The molecule has 0 aromatic carbocycles. The standard InChI is InChI=1S/C7H9ClN2S/c8-5-11-7-9-3-4-10(7)6-1-2-6/h3-4,6H,1-2,5H2. The van der Waals surface area contributed by atoms with Gasteiger partial charge in [-0.15, -0.1) is 11.6 Å². The minimum Gasteiger partial charge on any atom is -0.323 e. The van der Waals surface area contributed by atoms with Crippen molar-refractivity contribution in [3.8, 4) is 0 Å². The molecule has 0 amide bonds. The Bertz CT molecular complexity index is 244. The van der Waals surface area contributed by atoms with Crippen molar-refractivity contribution in [2.24, 2.45) is 0 Å².